The zero-order valence-electron chi connectivity index (χ0n) is 11.0. The number of carbonyl (C=O) groups is 1. The highest BCUT2D eigenvalue weighted by Crippen LogP contribution is 2.18. The summed E-state index contributed by atoms with van der Waals surface area (Å²) in [7, 11) is 1.22. The smallest absolute Gasteiger partial charge is 0.334 e. The molecule has 0 fully saturated rings. The molecule has 0 aliphatic heterocycles. The number of aromatic nitrogens is 1. The van der Waals surface area contributed by atoms with Crippen LogP contribution in [0.5, 0.6) is 0 Å². The third kappa shape index (κ3) is 3.40. The van der Waals surface area contributed by atoms with Gasteiger partial charge < -0.3 is 4.74 Å². The lowest BCUT2D eigenvalue weighted by molar-refractivity contribution is -0.386. The molecule has 1 atom stereocenters. The Hall–Kier alpha value is -2.18. The number of pyridine rings is 1. The Bertz CT molecular complexity index is 535. The van der Waals surface area contributed by atoms with Crippen molar-refractivity contribution in [3.63, 3.8) is 0 Å². The number of methoxy groups -OCH3 is 1. The maximum atomic E-state index is 12.0. The summed E-state index contributed by atoms with van der Waals surface area (Å²) >= 11 is 0. The number of nitrogens with zero attached hydrogens (tertiary/aromatic N) is 2. The highest BCUT2D eigenvalue weighted by atomic mass is 16.6. The predicted octanol–water partition coefficient (Wildman–Crippen LogP) is 1.52. The minimum Gasteiger partial charge on any atom is -0.467 e. The first-order valence-electron chi connectivity index (χ1n) is 5.81. The average molecular weight is 268 g/mol. The SMILES string of the molecule is COC(=O)[C@H](CC(C)C)n1cccc([N+](=O)[O-])c1=O. The van der Waals surface area contributed by atoms with E-state index in [4.69, 9.17) is 0 Å². The fourth-order valence-electron chi connectivity index (χ4n) is 1.79. The summed E-state index contributed by atoms with van der Waals surface area (Å²) in [5.41, 5.74) is -1.36. The number of rotatable bonds is 5. The zero-order valence-corrected chi connectivity index (χ0v) is 11.0. The van der Waals surface area contributed by atoms with E-state index in [2.05, 4.69) is 4.74 Å². The van der Waals surface area contributed by atoms with E-state index in [1.165, 1.54) is 19.4 Å². The lowest BCUT2D eigenvalue weighted by Gasteiger charge is -2.18. The standard InChI is InChI=1S/C12H16N2O5/c1-8(2)7-10(12(16)19-3)13-6-4-5-9(11(13)15)14(17)18/h4-6,8,10H,7H2,1-3H3/t10-/m0/s1. The number of hydrogen-bond donors (Lipinski definition) is 0. The van der Waals surface area contributed by atoms with Crippen molar-refractivity contribution >= 4 is 11.7 Å². The Labute approximate surface area is 110 Å². The summed E-state index contributed by atoms with van der Waals surface area (Å²) in [5, 5.41) is 10.7. The summed E-state index contributed by atoms with van der Waals surface area (Å²) in [6.07, 6.45) is 1.73. The van der Waals surface area contributed by atoms with E-state index in [0.29, 0.717) is 6.42 Å². The average Bonchev–Trinajstić information content (AvgIpc) is 2.35. The maximum Gasteiger partial charge on any atom is 0.334 e. The molecule has 0 saturated heterocycles. The number of hydrogen-bond acceptors (Lipinski definition) is 5. The maximum absolute atomic E-state index is 12.0. The largest absolute Gasteiger partial charge is 0.467 e. The Morgan fingerprint density at radius 1 is 1.53 bits per heavy atom. The van der Waals surface area contributed by atoms with Crippen molar-refractivity contribution in [1.29, 1.82) is 0 Å². The number of nitro groups is 1. The molecule has 0 spiro atoms. The minimum atomic E-state index is -0.850. The molecule has 0 radical (unpaired) electrons. The molecule has 0 aromatic carbocycles. The van der Waals surface area contributed by atoms with Crippen LogP contribution in [0.4, 0.5) is 5.69 Å². The van der Waals surface area contributed by atoms with Gasteiger partial charge in [0, 0.05) is 12.3 Å². The van der Waals surface area contributed by atoms with Crippen LogP contribution in [0.3, 0.4) is 0 Å². The molecule has 0 amide bonds. The first-order valence-corrected chi connectivity index (χ1v) is 5.81. The van der Waals surface area contributed by atoms with Gasteiger partial charge in [0.25, 0.3) is 0 Å². The third-order valence-corrected chi connectivity index (χ3v) is 2.65. The van der Waals surface area contributed by atoms with Crippen molar-refractivity contribution in [2.24, 2.45) is 5.92 Å². The molecule has 1 aromatic heterocycles. The van der Waals surface area contributed by atoms with Crippen LogP contribution < -0.4 is 5.56 Å². The third-order valence-electron chi connectivity index (χ3n) is 2.65. The summed E-state index contributed by atoms with van der Waals surface area (Å²) in [6, 6.07) is 1.63. The van der Waals surface area contributed by atoms with Crippen LogP contribution in [0, 0.1) is 16.0 Å². The van der Waals surface area contributed by atoms with Crippen molar-refractivity contribution in [2.45, 2.75) is 26.3 Å². The van der Waals surface area contributed by atoms with Crippen LogP contribution in [0.1, 0.15) is 26.3 Å². The van der Waals surface area contributed by atoms with Crippen LogP contribution in [-0.2, 0) is 9.53 Å². The fourth-order valence-corrected chi connectivity index (χ4v) is 1.79. The van der Waals surface area contributed by atoms with Crippen molar-refractivity contribution in [2.75, 3.05) is 7.11 Å². The monoisotopic (exact) mass is 268 g/mol. The lowest BCUT2D eigenvalue weighted by atomic mass is 10.0. The molecular weight excluding hydrogens is 252 g/mol. The minimum absolute atomic E-state index is 0.135. The Morgan fingerprint density at radius 3 is 2.63 bits per heavy atom. The molecule has 7 nitrogen and oxygen atoms in total. The van der Waals surface area contributed by atoms with E-state index in [0.717, 1.165) is 10.6 Å². The van der Waals surface area contributed by atoms with Gasteiger partial charge in [-0.05, 0) is 18.4 Å². The number of esters is 1. The molecule has 1 aromatic rings. The van der Waals surface area contributed by atoms with Crippen LogP contribution in [0.15, 0.2) is 23.1 Å². The van der Waals surface area contributed by atoms with Crippen LogP contribution in [0.25, 0.3) is 0 Å². The summed E-state index contributed by atoms with van der Waals surface area (Å²) in [4.78, 5) is 33.7. The normalized spacial score (nSPS) is 12.2. The molecule has 0 unspecified atom stereocenters. The van der Waals surface area contributed by atoms with E-state index in [1.54, 1.807) is 0 Å². The van der Waals surface area contributed by atoms with E-state index in [-0.39, 0.29) is 5.92 Å². The van der Waals surface area contributed by atoms with Crippen molar-refractivity contribution < 1.29 is 14.5 Å². The van der Waals surface area contributed by atoms with Gasteiger partial charge >= 0.3 is 17.2 Å². The molecule has 104 valence electrons. The van der Waals surface area contributed by atoms with Crippen LogP contribution in [0.2, 0.25) is 0 Å². The van der Waals surface area contributed by atoms with Crippen molar-refractivity contribution in [3.05, 3.63) is 38.8 Å². The zero-order chi connectivity index (χ0) is 14.6. The summed E-state index contributed by atoms with van der Waals surface area (Å²) in [6.45, 7) is 3.77. The Kier molecular flexibility index (Phi) is 4.80. The molecular formula is C12H16N2O5. The van der Waals surface area contributed by atoms with Crippen LogP contribution in [-0.4, -0.2) is 22.6 Å². The molecule has 1 heterocycles. The Balaban J connectivity index is 3.30. The lowest BCUT2D eigenvalue weighted by Crippen LogP contribution is -2.32. The van der Waals surface area contributed by atoms with E-state index in [1.807, 2.05) is 13.8 Å². The topological polar surface area (TPSA) is 91.4 Å². The van der Waals surface area contributed by atoms with Gasteiger partial charge in [-0.25, -0.2) is 4.79 Å². The predicted molar refractivity (Wildman–Crippen MR) is 67.9 cm³/mol. The van der Waals surface area contributed by atoms with E-state index < -0.39 is 28.2 Å². The molecule has 19 heavy (non-hydrogen) atoms. The molecule has 0 saturated carbocycles. The molecule has 0 aliphatic carbocycles. The van der Waals surface area contributed by atoms with Gasteiger partial charge in [-0.15, -0.1) is 0 Å². The fraction of sp³-hybridized carbons (Fsp3) is 0.500. The molecule has 0 N–H and O–H groups in total. The molecule has 1 rings (SSSR count). The second-order valence-electron chi connectivity index (χ2n) is 4.53. The van der Waals surface area contributed by atoms with Crippen molar-refractivity contribution in [1.82, 2.24) is 4.57 Å². The highest BCUT2D eigenvalue weighted by Gasteiger charge is 2.26. The number of ether oxygens (including phenoxy) is 1. The van der Waals surface area contributed by atoms with Gasteiger partial charge in [-0.3, -0.25) is 19.5 Å². The summed E-state index contributed by atoms with van der Waals surface area (Å²) < 4.78 is 5.71. The van der Waals surface area contributed by atoms with Gasteiger partial charge in [0.15, 0.2) is 0 Å². The van der Waals surface area contributed by atoms with Gasteiger partial charge in [-0.1, -0.05) is 13.8 Å². The number of carbonyl (C=O) groups excluding carboxylic acids is 1. The highest BCUT2D eigenvalue weighted by molar-refractivity contribution is 5.74. The van der Waals surface area contributed by atoms with Gasteiger partial charge in [0.2, 0.25) is 0 Å². The molecule has 7 heteroatoms. The first-order chi connectivity index (χ1) is 8.88. The van der Waals surface area contributed by atoms with E-state index in [9.17, 15) is 19.7 Å². The van der Waals surface area contributed by atoms with Gasteiger partial charge in [0.05, 0.1) is 12.0 Å². The Morgan fingerprint density at radius 2 is 2.16 bits per heavy atom. The summed E-state index contributed by atoms with van der Waals surface area (Å²) in [5.74, 6) is -0.452. The quantitative estimate of drug-likeness (QED) is 0.458. The van der Waals surface area contributed by atoms with Gasteiger partial charge in [0.1, 0.15) is 6.04 Å². The molecule has 0 aliphatic rings. The van der Waals surface area contributed by atoms with Crippen molar-refractivity contribution in [3.8, 4) is 0 Å². The van der Waals surface area contributed by atoms with E-state index >= 15 is 0 Å². The second-order valence-corrected chi connectivity index (χ2v) is 4.53. The first kappa shape index (κ1) is 14.9. The second kappa shape index (κ2) is 6.12. The van der Waals surface area contributed by atoms with Gasteiger partial charge in [-0.2, -0.15) is 0 Å². The van der Waals surface area contributed by atoms with Crippen LogP contribution >= 0.6 is 0 Å². The molecule has 0 bridgehead atoms.